The van der Waals surface area contributed by atoms with Gasteiger partial charge >= 0.3 is 0 Å². The lowest BCUT2D eigenvalue weighted by atomic mass is 9.85. The van der Waals surface area contributed by atoms with Crippen LogP contribution in [0.2, 0.25) is 0 Å². The third kappa shape index (κ3) is 2.56. The Labute approximate surface area is 114 Å². The molecule has 96 valence electrons. The highest BCUT2D eigenvalue weighted by Gasteiger charge is 2.30. The van der Waals surface area contributed by atoms with Gasteiger partial charge in [-0.3, -0.25) is 0 Å². The molecule has 2 heteroatoms. The molecule has 0 saturated carbocycles. The molecule has 0 bridgehead atoms. The van der Waals surface area contributed by atoms with Crippen LogP contribution < -0.4 is 5.32 Å². The Kier molecular flexibility index (Phi) is 3.34. The Hall–Kier alpha value is -0.950. The van der Waals surface area contributed by atoms with Crippen LogP contribution in [0.4, 0.5) is 0 Å². The van der Waals surface area contributed by atoms with Crippen LogP contribution in [0.3, 0.4) is 0 Å². The maximum atomic E-state index is 6.79. The molecule has 2 aliphatic carbocycles. The molecule has 1 heterocycles. The fourth-order valence-electron chi connectivity index (χ4n) is 2.98. The van der Waals surface area contributed by atoms with Gasteiger partial charge in [-0.2, -0.15) is 0 Å². The predicted octanol–water partition coefficient (Wildman–Crippen LogP) is 4.23. The van der Waals surface area contributed by atoms with E-state index in [2.05, 4.69) is 35.7 Å². The fraction of sp³-hybridized carbons (Fsp3) is 0.500. The normalized spacial score (nSPS) is 30.8. The lowest BCUT2D eigenvalue weighted by Crippen LogP contribution is -2.30. The highest BCUT2D eigenvalue weighted by molar-refractivity contribution is 6.25. The summed E-state index contributed by atoms with van der Waals surface area (Å²) < 4.78 is 0. The topological polar surface area (TPSA) is 12.0 Å². The maximum Gasteiger partial charge on any atom is 0.0723 e. The van der Waals surface area contributed by atoms with Gasteiger partial charge in [-0.1, -0.05) is 29.9 Å². The van der Waals surface area contributed by atoms with Gasteiger partial charge in [-0.15, -0.1) is 11.6 Å². The first-order valence-corrected chi connectivity index (χ1v) is 7.34. The van der Waals surface area contributed by atoms with E-state index in [9.17, 15) is 0 Å². The molecule has 1 unspecified atom stereocenters. The average molecular weight is 262 g/mol. The molecule has 0 radical (unpaired) electrons. The number of allylic oxidation sites excluding steroid dienone is 7. The van der Waals surface area contributed by atoms with Gasteiger partial charge in [0.25, 0.3) is 0 Å². The van der Waals surface area contributed by atoms with E-state index in [-0.39, 0.29) is 4.87 Å². The summed E-state index contributed by atoms with van der Waals surface area (Å²) in [6, 6.07) is 0. The molecule has 1 N–H and O–H groups in total. The number of nitrogens with one attached hydrogen (secondary N) is 1. The molecule has 1 fully saturated rings. The van der Waals surface area contributed by atoms with E-state index in [1.54, 1.807) is 0 Å². The molecule has 3 aliphatic rings. The maximum absolute atomic E-state index is 6.79. The molecule has 0 spiro atoms. The Balaban J connectivity index is 1.76. The number of halogens is 1. The Morgan fingerprint density at radius 3 is 3.06 bits per heavy atom. The van der Waals surface area contributed by atoms with Crippen molar-refractivity contribution in [1.82, 2.24) is 5.32 Å². The highest BCUT2D eigenvalue weighted by Crippen LogP contribution is 2.38. The van der Waals surface area contributed by atoms with Crippen molar-refractivity contribution in [3.63, 3.8) is 0 Å². The van der Waals surface area contributed by atoms with E-state index in [0.717, 1.165) is 25.8 Å². The smallest absolute Gasteiger partial charge is 0.0723 e. The van der Waals surface area contributed by atoms with E-state index in [4.69, 9.17) is 11.6 Å². The van der Waals surface area contributed by atoms with Crippen LogP contribution in [-0.2, 0) is 0 Å². The number of fused-ring (bicyclic) bond motifs is 1. The summed E-state index contributed by atoms with van der Waals surface area (Å²) in [5.41, 5.74) is 4.13. The standard InChI is InChI=1S/C16H20ClN/c17-16(11-13-5-2-1-3-6-13)9-8-14-7-4-10-18-15(14)12-16/h2,5-6,8,12,18H,1,3-4,7,9-11H2. The molecule has 0 aromatic carbocycles. The third-order valence-electron chi connectivity index (χ3n) is 3.94. The van der Waals surface area contributed by atoms with Gasteiger partial charge in [0.05, 0.1) is 4.87 Å². The van der Waals surface area contributed by atoms with Crippen molar-refractivity contribution in [2.45, 2.75) is 43.4 Å². The van der Waals surface area contributed by atoms with Crippen LogP contribution in [0.25, 0.3) is 0 Å². The van der Waals surface area contributed by atoms with E-state index in [0.29, 0.717) is 0 Å². The SMILES string of the molecule is ClC1(CC2=CCCC=C2)C=C2NCCCC2=CC1. The second kappa shape index (κ2) is 4.97. The number of piperidine rings is 1. The van der Waals surface area contributed by atoms with E-state index >= 15 is 0 Å². The Morgan fingerprint density at radius 1 is 1.28 bits per heavy atom. The van der Waals surface area contributed by atoms with Gasteiger partial charge in [0.1, 0.15) is 0 Å². The van der Waals surface area contributed by atoms with Crippen LogP contribution in [0.15, 0.2) is 47.2 Å². The molecular weight excluding hydrogens is 242 g/mol. The molecule has 0 amide bonds. The minimum Gasteiger partial charge on any atom is -0.385 e. The molecule has 0 aromatic rings. The largest absolute Gasteiger partial charge is 0.385 e. The molecule has 1 atom stereocenters. The average Bonchev–Trinajstić information content (AvgIpc) is 2.39. The summed E-state index contributed by atoms with van der Waals surface area (Å²) in [7, 11) is 0. The summed E-state index contributed by atoms with van der Waals surface area (Å²) in [4.78, 5) is -0.226. The van der Waals surface area contributed by atoms with E-state index in [1.807, 2.05) is 0 Å². The van der Waals surface area contributed by atoms with Crippen LogP contribution >= 0.6 is 11.6 Å². The molecule has 0 aromatic heterocycles. The van der Waals surface area contributed by atoms with Gasteiger partial charge in [-0.25, -0.2) is 0 Å². The second-order valence-corrected chi connectivity index (χ2v) is 6.24. The molecular formula is C16H20ClN. The second-order valence-electron chi connectivity index (χ2n) is 5.49. The van der Waals surface area contributed by atoms with Crippen LogP contribution in [0.1, 0.15) is 38.5 Å². The first-order chi connectivity index (χ1) is 8.75. The van der Waals surface area contributed by atoms with Crippen molar-refractivity contribution in [3.8, 4) is 0 Å². The summed E-state index contributed by atoms with van der Waals surface area (Å²) in [5, 5.41) is 3.48. The number of alkyl halides is 1. The van der Waals surface area contributed by atoms with E-state index < -0.39 is 0 Å². The van der Waals surface area contributed by atoms with Crippen molar-refractivity contribution in [1.29, 1.82) is 0 Å². The van der Waals surface area contributed by atoms with Gasteiger partial charge < -0.3 is 5.32 Å². The predicted molar refractivity (Wildman–Crippen MR) is 77.7 cm³/mol. The van der Waals surface area contributed by atoms with E-state index in [1.165, 1.54) is 36.1 Å². The monoisotopic (exact) mass is 261 g/mol. The lowest BCUT2D eigenvalue weighted by molar-refractivity contribution is 0.613. The molecule has 1 saturated heterocycles. The Morgan fingerprint density at radius 2 is 2.22 bits per heavy atom. The van der Waals surface area contributed by atoms with Crippen molar-refractivity contribution in [3.05, 3.63) is 47.2 Å². The molecule has 1 nitrogen and oxygen atoms in total. The minimum atomic E-state index is -0.226. The minimum absolute atomic E-state index is 0.226. The first-order valence-electron chi connectivity index (χ1n) is 6.96. The van der Waals surface area contributed by atoms with Crippen LogP contribution in [0.5, 0.6) is 0 Å². The third-order valence-corrected chi connectivity index (χ3v) is 4.34. The van der Waals surface area contributed by atoms with Crippen molar-refractivity contribution >= 4 is 11.6 Å². The van der Waals surface area contributed by atoms with Gasteiger partial charge in [0, 0.05) is 12.2 Å². The van der Waals surface area contributed by atoms with Gasteiger partial charge in [0.2, 0.25) is 0 Å². The number of rotatable bonds is 2. The molecule has 3 rings (SSSR count). The summed E-state index contributed by atoms with van der Waals surface area (Å²) in [5.74, 6) is 0. The van der Waals surface area contributed by atoms with Crippen LogP contribution in [0, 0.1) is 0 Å². The molecule has 18 heavy (non-hydrogen) atoms. The lowest BCUT2D eigenvalue weighted by Gasteiger charge is -2.32. The zero-order valence-corrected chi connectivity index (χ0v) is 11.5. The highest BCUT2D eigenvalue weighted by atomic mass is 35.5. The number of hydrogen-bond donors (Lipinski definition) is 1. The zero-order valence-electron chi connectivity index (χ0n) is 10.7. The first kappa shape index (κ1) is 12.1. The van der Waals surface area contributed by atoms with Gasteiger partial charge in [-0.05, 0) is 50.2 Å². The summed E-state index contributed by atoms with van der Waals surface area (Å²) >= 11 is 6.79. The fourth-order valence-corrected chi connectivity index (χ4v) is 3.32. The van der Waals surface area contributed by atoms with Crippen molar-refractivity contribution in [2.24, 2.45) is 0 Å². The number of hydrogen-bond acceptors (Lipinski definition) is 1. The quantitative estimate of drug-likeness (QED) is 0.734. The van der Waals surface area contributed by atoms with Crippen molar-refractivity contribution in [2.75, 3.05) is 6.54 Å². The van der Waals surface area contributed by atoms with Gasteiger partial charge in [0.15, 0.2) is 0 Å². The van der Waals surface area contributed by atoms with Crippen molar-refractivity contribution < 1.29 is 0 Å². The summed E-state index contributed by atoms with van der Waals surface area (Å²) in [6.45, 7) is 1.08. The Bertz CT molecular complexity index is 456. The molecule has 1 aliphatic heterocycles. The zero-order chi connectivity index (χ0) is 12.4. The van der Waals surface area contributed by atoms with Crippen LogP contribution in [-0.4, -0.2) is 11.4 Å². The summed E-state index contributed by atoms with van der Waals surface area (Å²) in [6.07, 6.45) is 18.1.